The van der Waals surface area contributed by atoms with Crippen LogP contribution in [0.2, 0.25) is 0 Å². The first-order chi connectivity index (χ1) is 21.3. The van der Waals surface area contributed by atoms with E-state index in [2.05, 4.69) is 40.1 Å². The van der Waals surface area contributed by atoms with Gasteiger partial charge in [0.05, 0.1) is 12.7 Å². The van der Waals surface area contributed by atoms with Crippen LogP contribution >= 0.6 is 15.5 Å². The number of nitrogen functional groups attached to an aromatic ring is 2. The van der Waals surface area contributed by atoms with E-state index in [-0.39, 0.29) is 34.1 Å². The number of anilines is 2. The van der Waals surface area contributed by atoms with E-state index in [4.69, 9.17) is 30.0 Å². The molecule has 10 atom stereocenters. The molecule has 0 aromatic carbocycles. The number of aliphatic hydroxyl groups is 1. The van der Waals surface area contributed by atoms with Crippen LogP contribution in [0.1, 0.15) is 12.5 Å². The summed E-state index contributed by atoms with van der Waals surface area (Å²) in [4.78, 5) is 56.0. The number of halogens is 1. The molecule has 3 aliphatic heterocycles. The van der Waals surface area contributed by atoms with E-state index in [1.54, 1.807) is 0 Å². The smallest absolute Gasteiger partial charge is 0.386 e. The van der Waals surface area contributed by atoms with E-state index >= 15 is 4.39 Å². The van der Waals surface area contributed by atoms with Gasteiger partial charge < -0.3 is 35.8 Å². The first kappa shape index (κ1) is 30.2. The van der Waals surface area contributed by atoms with Crippen molar-refractivity contribution in [1.82, 2.24) is 49.2 Å². The second-order valence-electron chi connectivity index (χ2n) is 10.3. The van der Waals surface area contributed by atoms with Crippen LogP contribution in [-0.4, -0.2) is 104 Å². The molecule has 7 heterocycles. The topological polar surface area (TPSA) is 315 Å². The molecule has 3 saturated heterocycles. The molecule has 4 aromatic rings. The third-order valence-corrected chi connectivity index (χ3v) is 9.70. The second-order valence-corrected chi connectivity index (χ2v) is 13.5. The summed E-state index contributed by atoms with van der Waals surface area (Å²) in [7, 11) is -9.77. The van der Waals surface area contributed by atoms with Crippen LogP contribution in [0.3, 0.4) is 0 Å². The molecule has 22 nitrogen and oxygen atoms in total. The molecule has 3 fully saturated rings. The minimum absolute atomic E-state index is 0.0465. The fraction of sp³-hybridized carbons (Fsp3) is 0.500. The number of nitrogens with zero attached hydrogens (tertiary/aromatic N) is 7. The number of aliphatic hydroxyl groups excluding tert-OH is 1. The van der Waals surface area contributed by atoms with Crippen LogP contribution < -0.4 is 27.2 Å². The highest BCUT2D eigenvalue weighted by Gasteiger charge is 2.53. The number of rotatable bonds is 2. The SMILES string of the molecule is Nc1nc2c(ncn2C2OC3CNP(=O)(O)OC4C(CNP(=O)(O)OC2C3F)OC(n2cnc3c(N)ncnc32)C4O)c(=O)[nH]1. The number of H-pyrrole nitrogens is 1. The Morgan fingerprint density at radius 1 is 0.889 bits per heavy atom. The minimum atomic E-state index is -4.92. The Balaban J connectivity index is 1.21. The van der Waals surface area contributed by atoms with Gasteiger partial charge in [0.1, 0.15) is 42.4 Å². The predicted octanol–water partition coefficient (Wildman–Crippen LogP) is -2.22. The molecule has 7 rings (SSSR count). The summed E-state index contributed by atoms with van der Waals surface area (Å²) >= 11 is 0. The van der Waals surface area contributed by atoms with Gasteiger partial charge in [0.15, 0.2) is 41.3 Å². The number of aromatic nitrogens is 8. The lowest BCUT2D eigenvalue weighted by Crippen LogP contribution is -2.40. The molecule has 4 aromatic heterocycles. The first-order valence-corrected chi connectivity index (χ1v) is 16.3. The van der Waals surface area contributed by atoms with Crippen molar-refractivity contribution in [1.29, 1.82) is 0 Å². The fourth-order valence-corrected chi connectivity index (χ4v) is 7.55. The first-order valence-electron chi connectivity index (χ1n) is 13.1. The van der Waals surface area contributed by atoms with E-state index in [1.165, 1.54) is 10.9 Å². The summed E-state index contributed by atoms with van der Waals surface area (Å²) in [6.45, 7) is -1.27. The summed E-state index contributed by atoms with van der Waals surface area (Å²) < 4.78 is 66.9. The number of alkyl halides is 1. The maximum atomic E-state index is 15.8. The van der Waals surface area contributed by atoms with Gasteiger partial charge in [-0.25, -0.2) is 43.6 Å². The number of aromatic amines is 1. The van der Waals surface area contributed by atoms with Gasteiger partial charge in [-0.3, -0.25) is 28.0 Å². The highest BCUT2D eigenvalue weighted by molar-refractivity contribution is 7.50. The molecule has 25 heteroatoms. The summed E-state index contributed by atoms with van der Waals surface area (Å²) in [5.74, 6) is -0.244. The number of nitrogens with one attached hydrogen (secondary N) is 3. The number of hydrogen-bond acceptors (Lipinski definition) is 15. The molecule has 0 aliphatic carbocycles. The van der Waals surface area contributed by atoms with Gasteiger partial charge in [0.2, 0.25) is 5.95 Å². The third kappa shape index (κ3) is 5.30. The van der Waals surface area contributed by atoms with Gasteiger partial charge in [-0.1, -0.05) is 0 Å². The molecule has 0 saturated carbocycles. The largest absolute Gasteiger partial charge is 0.403 e. The average molecular weight is 674 g/mol. The molecule has 0 spiro atoms. The zero-order valence-electron chi connectivity index (χ0n) is 22.5. The Morgan fingerprint density at radius 3 is 2.24 bits per heavy atom. The highest BCUT2D eigenvalue weighted by atomic mass is 31.2. The number of nitrogens with two attached hydrogens (primary N) is 2. The lowest BCUT2D eigenvalue weighted by Gasteiger charge is -2.26. The van der Waals surface area contributed by atoms with Gasteiger partial charge in [-0.15, -0.1) is 0 Å². The van der Waals surface area contributed by atoms with Crippen molar-refractivity contribution < 1.29 is 46.9 Å². The summed E-state index contributed by atoms with van der Waals surface area (Å²) in [5.41, 5.74) is 10.8. The van der Waals surface area contributed by atoms with Crippen LogP contribution in [0.5, 0.6) is 0 Å². The summed E-state index contributed by atoms with van der Waals surface area (Å²) in [6, 6.07) is 0. The molecule has 45 heavy (non-hydrogen) atoms. The van der Waals surface area contributed by atoms with Crippen molar-refractivity contribution in [3.05, 3.63) is 29.3 Å². The van der Waals surface area contributed by atoms with E-state index < -0.39 is 83.3 Å². The molecule has 0 amide bonds. The summed E-state index contributed by atoms with van der Waals surface area (Å²) in [5, 5.41) is 15.6. The number of hydrogen-bond donors (Lipinski definition) is 8. The van der Waals surface area contributed by atoms with Gasteiger partial charge in [-0.2, -0.15) is 4.98 Å². The third-order valence-electron chi connectivity index (χ3n) is 7.47. The molecule has 3 aliphatic rings. The van der Waals surface area contributed by atoms with E-state index in [0.29, 0.717) is 0 Å². The minimum Gasteiger partial charge on any atom is -0.386 e. The van der Waals surface area contributed by atoms with Gasteiger partial charge in [0, 0.05) is 13.1 Å². The van der Waals surface area contributed by atoms with Crippen LogP contribution in [0.15, 0.2) is 23.8 Å². The van der Waals surface area contributed by atoms with Crippen LogP contribution in [0.4, 0.5) is 16.2 Å². The Bertz CT molecular complexity index is 1940. The lowest BCUT2D eigenvalue weighted by molar-refractivity contribution is -0.0358. The van der Waals surface area contributed by atoms with Gasteiger partial charge in [-0.05, 0) is 0 Å². The predicted molar refractivity (Wildman–Crippen MR) is 146 cm³/mol. The monoisotopic (exact) mass is 674 g/mol. The van der Waals surface area contributed by atoms with Crippen molar-refractivity contribution in [2.45, 2.75) is 49.1 Å². The van der Waals surface area contributed by atoms with Crippen molar-refractivity contribution in [3.63, 3.8) is 0 Å². The number of imidazole rings is 2. The quantitative estimate of drug-likeness (QED) is 0.104. The maximum absolute atomic E-state index is 15.8. The summed E-state index contributed by atoms with van der Waals surface area (Å²) in [6.07, 6.45) is -9.52. The average Bonchev–Trinajstić information content (AvgIpc) is 3.72. The Kier molecular flexibility index (Phi) is 7.26. The Labute approximate surface area is 249 Å². The van der Waals surface area contributed by atoms with Crippen molar-refractivity contribution in [2.24, 2.45) is 0 Å². The normalized spacial score (nSPS) is 37.7. The van der Waals surface area contributed by atoms with E-state index in [1.807, 2.05) is 0 Å². The standard InChI is InChI=1S/C20H25FN12O10P2/c21-8-6-1-28-44(36,37)42-12-7(41-18(11(12)34)32-4-26-9-14(22)24-3-25-15(9)32)2-29-45(38,39)43-13(8)19(40-6)33-5-27-10-16(33)30-20(23)31-17(10)35/h3-8,11-13,18-19,34H,1-2H2,(H2,22,24,25)(H2,28,36,37)(H2,29,38,39)(H3,23,30,31,35). The molecule has 0 radical (unpaired) electrons. The molecule has 2 bridgehead atoms. The zero-order valence-corrected chi connectivity index (χ0v) is 24.3. The maximum Gasteiger partial charge on any atom is 0.403 e. The molecular formula is C20H25FN12O10P2. The zero-order chi connectivity index (χ0) is 31.8. The van der Waals surface area contributed by atoms with E-state index in [0.717, 1.165) is 17.2 Å². The van der Waals surface area contributed by atoms with Crippen LogP contribution in [0.25, 0.3) is 22.3 Å². The Morgan fingerprint density at radius 2 is 1.51 bits per heavy atom. The second kappa shape index (κ2) is 10.8. The van der Waals surface area contributed by atoms with E-state index in [9.17, 15) is 28.8 Å². The van der Waals surface area contributed by atoms with Crippen LogP contribution in [0, 0.1) is 0 Å². The molecular weight excluding hydrogens is 649 g/mol. The van der Waals surface area contributed by atoms with Crippen molar-refractivity contribution in [3.8, 4) is 0 Å². The van der Waals surface area contributed by atoms with Crippen molar-refractivity contribution >= 4 is 49.6 Å². The van der Waals surface area contributed by atoms with Gasteiger partial charge >= 0.3 is 15.5 Å². The lowest BCUT2D eigenvalue weighted by atomic mass is 10.1. The van der Waals surface area contributed by atoms with Gasteiger partial charge in [0.25, 0.3) is 5.56 Å². The highest BCUT2D eigenvalue weighted by Crippen LogP contribution is 2.49. The van der Waals surface area contributed by atoms with Crippen LogP contribution in [-0.2, 0) is 27.7 Å². The Hall–Kier alpha value is -3.47. The molecule has 10 unspecified atom stereocenters. The molecule has 242 valence electrons. The number of ether oxygens (including phenoxy) is 2. The fourth-order valence-electron chi connectivity index (χ4n) is 5.44. The van der Waals surface area contributed by atoms with Crippen molar-refractivity contribution in [2.75, 3.05) is 24.6 Å². The number of fused-ring (bicyclic) bond motifs is 5. The molecule has 10 N–H and O–H groups in total.